The molecular formula is C15H19F4N5O. The van der Waals surface area contributed by atoms with E-state index >= 15 is 0 Å². The third-order valence-corrected chi connectivity index (χ3v) is 3.80. The highest BCUT2D eigenvalue weighted by Gasteiger charge is 2.26. The Labute approximate surface area is 141 Å². The molecule has 1 N–H and O–H groups in total. The molecule has 0 aliphatic carbocycles. The normalized spacial score (nSPS) is 12.8. The van der Waals surface area contributed by atoms with Crippen LogP contribution in [0.2, 0.25) is 0 Å². The number of aromatic nitrogens is 4. The first kappa shape index (κ1) is 18.9. The van der Waals surface area contributed by atoms with E-state index in [-0.39, 0.29) is 6.54 Å². The molecule has 0 bridgehead atoms. The minimum absolute atomic E-state index is 0.155. The van der Waals surface area contributed by atoms with E-state index in [1.165, 1.54) is 6.92 Å². The summed E-state index contributed by atoms with van der Waals surface area (Å²) in [5.41, 5.74) is 0.0234. The van der Waals surface area contributed by atoms with Gasteiger partial charge in [0.05, 0.1) is 5.69 Å². The SMILES string of the molecule is CCn1cc(CNC(=O)C(C)n2nc(C(F)F)cc2C(F)F)c(C)n1. The van der Waals surface area contributed by atoms with Crippen molar-refractivity contribution in [3.63, 3.8) is 0 Å². The van der Waals surface area contributed by atoms with Crippen LogP contribution in [-0.2, 0) is 17.9 Å². The van der Waals surface area contributed by atoms with Crippen molar-refractivity contribution in [2.24, 2.45) is 0 Å². The molecule has 0 aromatic carbocycles. The largest absolute Gasteiger partial charge is 0.350 e. The van der Waals surface area contributed by atoms with Gasteiger partial charge in [0.15, 0.2) is 0 Å². The molecule has 2 aromatic rings. The molecular weight excluding hydrogens is 342 g/mol. The van der Waals surface area contributed by atoms with Crippen molar-refractivity contribution in [1.29, 1.82) is 0 Å². The molecule has 6 nitrogen and oxygen atoms in total. The van der Waals surface area contributed by atoms with Gasteiger partial charge in [-0.05, 0) is 26.8 Å². The molecule has 0 saturated carbocycles. The fourth-order valence-corrected chi connectivity index (χ4v) is 2.34. The third-order valence-electron chi connectivity index (χ3n) is 3.80. The van der Waals surface area contributed by atoms with Gasteiger partial charge in [0.2, 0.25) is 5.91 Å². The Kier molecular flexibility index (Phi) is 5.81. The van der Waals surface area contributed by atoms with Crippen molar-refractivity contribution in [2.75, 3.05) is 0 Å². The van der Waals surface area contributed by atoms with E-state index < -0.39 is 36.2 Å². The second-order valence-electron chi connectivity index (χ2n) is 5.53. The lowest BCUT2D eigenvalue weighted by Gasteiger charge is -2.15. The number of carbonyl (C=O) groups is 1. The van der Waals surface area contributed by atoms with E-state index in [1.807, 2.05) is 6.92 Å². The summed E-state index contributed by atoms with van der Waals surface area (Å²) in [5, 5.41) is 10.3. The van der Waals surface area contributed by atoms with Crippen LogP contribution >= 0.6 is 0 Å². The first-order valence-corrected chi connectivity index (χ1v) is 7.70. The monoisotopic (exact) mass is 361 g/mol. The summed E-state index contributed by atoms with van der Waals surface area (Å²) in [5.74, 6) is -0.602. The lowest BCUT2D eigenvalue weighted by molar-refractivity contribution is -0.124. The molecule has 0 fully saturated rings. The number of carbonyl (C=O) groups excluding carboxylic acids is 1. The Balaban J connectivity index is 2.12. The molecule has 0 aliphatic rings. The van der Waals surface area contributed by atoms with Gasteiger partial charge in [0, 0.05) is 24.8 Å². The molecule has 2 rings (SSSR count). The molecule has 0 saturated heterocycles. The van der Waals surface area contributed by atoms with Crippen LogP contribution in [0.25, 0.3) is 0 Å². The van der Waals surface area contributed by atoms with Crippen LogP contribution < -0.4 is 5.32 Å². The van der Waals surface area contributed by atoms with Gasteiger partial charge in [0.25, 0.3) is 12.9 Å². The van der Waals surface area contributed by atoms with Gasteiger partial charge in [-0.1, -0.05) is 0 Å². The zero-order valence-electron chi connectivity index (χ0n) is 14.0. The van der Waals surface area contributed by atoms with Crippen molar-refractivity contribution in [3.8, 4) is 0 Å². The number of nitrogens with one attached hydrogen (secondary N) is 1. The van der Waals surface area contributed by atoms with Crippen LogP contribution in [0.5, 0.6) is 0 Å². The first-order chi connectivity index (χ1) is 11.7. The lowest BCUT2D eigenvalue weighted by atomic mass is 10.2. The number of alkyl halides is 4. The van der Waals surface area contributed by atoms with Crippen LogP contribution in [0.15, 0.2) is 12.3 Å². The molecule has 138 valence electrons. The van der Waals surface area contributed by atoms with Crippen molar-refractivity contribution >= 4 is 5.91 Å². The fraction of sp³-hybridized carbons (Fsp3) is 0.533. The predicted octanol–water partition coefficient (Wildman–Crippen LogP) is 3.16. The Bertz CT molecular complexity index is 740. The van der Waals surface area contributed by atoms with E-state index in [2.05, 4.69) is 15.5 Å². The molecule has 2 heterocycles. The second kappa shape index (κ2) is 7.66. The lowest BCUT2D eigenvalue weighted by Crippen LogP contribution is -2.32. The van der Waals surface area contributed by atoms with Gasteiger partial charge in [-0.2, -0.15) is 10.2 Å². The number of amides is 1. The van der Waals surface area contributed by atoms with Crippen LogP contribution in [0.1, 0.15) is 55.4 Å². The molecule has 10 heteroatoms. The van der Waals surface area contributed by atoms with E-state index in [0.29, 0.717) is 17.3 Å². The Hall–Kier alpha value is -2.39. The average Bonchev–Trinajstić information content (AvgIpc) is 3.15. The highest BCUT2D eigenvalue weighted by molar-refractivity contribution is 5.79. The Morgan fingerprint density at radius 3 is 2.44 bits per heavy atom. The van der Waals surface area contributed by atoms with Crippen molar-refractivity contribution in [2.45, 2.75) is 52.8 Å². The predicted molar refractivity (Wildman–Crippen MR) is 81.3 cm³/mol. The number of hydrogen-bond donors (Lipinski definition) is 1. The van der Waals surface area contributed by atoms with Crippen LogP contribution in [0, 0.1) is 6.92 Å². The molecule has 2 aromatic heterocycles. The molecule has 1 amide bonds. The molecule has 1 unspecified atom stereocenters. The molecule has 1 atom stereocenters. The topological polar surface area (TPSA) is 64.7 Å². The third kappa shape index (κ3) is 4.18. The zero-order valence-corrected chi connectivity index (χ0v) is 14.0. The first-order valence-electron chi connectivity index (χ1n) is 7.70. The minimum Gasteiger partial charge on any atom is -0.350 e. The molecule has 0 radical (unpaired) electrons. The quantitative estimate of drug-likeness (QED) is 0.771. The van der Waals surface area contributed by atoms with Gasteiger partial charge in [-0.25, -0.2) is 17.6 Å². The number of aryl methyl sites for hydroxylation is 2. The van der Waals surface area contributed by atoms with E-state index in [9.17, 15) is 22.4 Å². The summed E-state index contributed by atoms with van der Waals surface area (Å²) >= 11 is 0. The zero-order chi connectivity index (χ0) is 18.7. The van der Waals surface area contributed by atoms with Crippen molar-refractivity contribution in [1.82, 2.24) is 24.9 Å². The summed E-state index contributed by atoms with van der Waals surface area (Å²) in [6.45, 7) is 5.86. The number of hydrogen-bond acceptors (Lipinski definition) is 3. The molecule has 0 spiro atoms. The minimum atomic E-state index is -3.01. The van der Waals surface area contributed by atoms with Gasteiger partial charge in [-0.3, -0.25) is 14.2 Å². The smallest absolute Gasteiger partial charge is 0.282 e. The summed E-state index contributed by atoms with van der Waals surface area (Å²) in [6, 6.07) is -0.535. The molecule has 0 aliphatic heterocycles. The van der Waals surface area contributed by atoms with Gasteiger partial charge in [-0.15, -0.1) is 0 Å². The standard InChI is InChI=1S/C15H19F4N5O/c1-4-23-7-10(8(2)21-23)6-20-15(25)9(3)24-12(14(18)19)5-11(22-24)13(16)17/h5,7,9,13-14H,4,6H2,1-3H3,(H,20,25). The fourth-order valence-electron chi connectivity index (χ4n) is 2.34. The number of rotatable bonds is 7. The summed E-state index contributed by atoms with van der Waals surface area (Å²) < 4.78 is 53.8. The van der Waals surface area contributed by atoms with Crippen LogP contribution in [0.4, 0.5) is 17.6 Å². The summed E-state index contributed by atoms with van der Waals surface area (Å²) in [4.78, 5) is 12.2. The number of nitrogens with zero attached hydrogens (tertiary/aromatic N) is 4. The van der Waals surface area contributed by atoms with E-state index in [1.54, 1.807) is 17.8 Å². The van der Waals surface area contributed by atoms with Gasteiger partial charge < -0.3 is 5.32 Å². The van der Waals surface area contributed by atoms with Crippen molar-refractivity contribution < 1.29 is 22.4 Å². The maximum Gasteiger partial charge on any atom is 0.282 e. The summed E-state index contributed by atoms with van der Waals surface area (Å²) in [7, 11) is 0. The second-order valence-corrected chi connectivity index (χ2v) is 5.53. The highest BCUT2D eigenvalue weighted by Crippen LogP contribution is 2.27. The van der Waals surface area contributed by atoms with Crippen LogP contribution in [0.3, 0.4) is 0 Å². The Morgan fingerprint density at radius 2 is 1.92 bits per heavy atom. The maximum absolute atomic E-state index is 13.0. The maximum atomic E-state index is 13.0. The van der Waals surface area contributed by atoms with Crippen LogP contribution in [-0.4, -0.2) is 25.5 Å². The van der Waals surface area contributed by atoms with E-state index in [4.69, 9.17) is 0 Å². The highest BCUT2D eigenvalue weighted by atomic mass is 19.3. The van der Waals surface area contributed by atoms with Crippen molar-refractivity contribution in [3.05, 3.63) is 34.9 Å². The van der Waals surface area contributed by atoms with Gasteiger partial charge >= 0.3 is 0 Å². The summed E-state index contributed by atoms with van der Waals surface area (Å²) in [6.07, 6.45) is -4.23. The average molecular weight is 361 g/mol. The van der Waals surface area contributed by atoms with E-state index in [0.717, 1.165) is 11.3 Å². The molecule has 25 heavy (non-hydrogen) atoms. The number of halogens is 4. The van der Waals surface area contributed by atoms with Gasteiger partial charge in [0.1, 0.15) is 17.4 Å². The Morgan fingerprint density at radius 1 is 1.24 bits per heavy atom.